The summed E-state index contributed by atoms with van der Waals surface area (Å²) < 4.78 is 5.69. The van der Waals surface area contributed by atoms with E-state index in [9.17, 15) is 4.79 Å². The van der Waals surface area contributed by atoms with E-state index in [0.717, 1.165) is 11.1 Å². The highest BCUT2D eigenvalue weighted by Gasteiger charge is 2.42. The summed E-state index contributed by atoms with van der Waals surface area (Å²) in [6, 6.07) is 16.9. The van der Waals surface area contributed by atoms with Crippen molar-refractivity contribution in [3.63, 3.8) is 0 Å². The van der Waals surface area contributed by atoms with Crippen LogP contribution in [0.3, 0.4) is 0 Å². The van der Waals surface area contributed by atoms with E-state index in [2.05, 4.69) is 6.07 Å². The van der Waals surface area contributed by atoms with Crippen molar-refractivity contribution in [1.29, 1.82) is 5.26 Å². The zero-order valence-corrected chi connectivity index (χ0v) is 12.6. The van der Waals surface area contributed by atoms with Crippen LogP contribution in [0.2, 0.25) is 5.02 Å². The number of carbonyl (C=O) groups is 1. The van der Waals surface area contributed by atoms with Crippen molar-refractivity contribution in [3.05, 3.63) is 70.2 Å². The molecule has 0 aliphatic carbocycles. The number of benzene rings is 2. The van der Waals surface area contributed by atoms with Crippen molar-refractivity contribution in [2.24, 2.45) is 0 Å². The fraction of sp³-hybridized carbons (Fsp3) is 0.222. The van der Waals surface area contributed by atoms with Gasteiger partial charge in [-0.1, -0.05) is 35.9 Å². The van der Waals surface area contributed by atoms with E-state index in [1.165, 1.54) is 0 Å². The third-order valence-corrected chi connectivity index (χ3v) is 4.24. The van der Waals surface area contributed by atoms with Gasteiger partial charge in [-0.15, -0.1) is 0 Å². The maximum Gasteiger partial charge on any atom is 0.306 e. The van der Waals surface area contributed by atoms with Gasteiger partial charge >= 0.3 is 5.97 Å². The molecule has 3 rings (SSSR count). The van der Waals surface area contributed by atoms with Gasteiger partial charge in [-0.05, 0) is 35.4 Å². The van der Waals surface area contributed by atoms with Crippen LogP contribution in [0.15, 0.2) is 48.5 Å². The molecule has 110 valence electrons. The van der Waals surface area contributed by atoms with Gasteiger partial charge in [-0.2, -0.15) is 5.26 Å². The third-order valence-electron chi connectivity index (χ3n) is 3.99. The van der Waals surface area contributed by atoms with E-state index < -0.39 is 5.60 Å². The van der Waals surface area contributed by atoms with Gasteiger partial charge in [-0.25, -0.2) is 0 Å². The monoisotopic (exact) mass is 311 g/mol. The van der Waals surface area contributed by atoms with Crippen molar-refractivity contribution in [2.75, 3.05) is 0 Å². The minimum absolute atomic E-state index is 0.177. The Morgan fingerprint density at radius 1 is 1.14 bits per heavy atom. The van der Waals surface area contributed by atoms with Gasteiger partial charge in [0, 0.05) is 24.3 Å². The van der Waals surface area contributed by atoms with Crippen LogP contribution in [0.4, 0.5) is 0 Å². The molecule has 1 atom stereocenters. The fourth-order valence-electron chi connectivity index (χ4n) is 2.83. The SMILES string of the molecule is N#Cc1ccc(C[C@@]2(c3ccc(Cl)cc3)CCC(=O)O2)cc1. The summed E-state index contributed by atoms with van der Waals surface area (Å²) in [6.45, 7) is 0. The van der Waals surface area contributed by atoms with Crippen molar-refractivity contribution < 1.29 is 9.53 Å². The molecule has 0 N–H and O–H groups in total. The second-order valence-electron chi connectivity index (χ2n) is 5.46. The highest BCUT2D eigenvalue weighted by atomic mass is 35.5. The highest BCUT2D eigenvalue weighted by Crippen LogP contribution is 2.40. The summed E-state index contributed by atoms with van der Waals surface area (Å²) in [5.41, 5.74) is 1.96. The molecule has 2 aromatic rings. The van der Waals surface area contributed by atoms with Gasteiger partial charge in [-0.3, -0.25) is 4.79 Å². The van der Waals surface area contributed by atoms with Crippen LogP contribution in [0.5, 0.6) is 0 Å². The van der Waals surface area contributed by atoms with Crippen molar-refractivity contribution >= 4 is 17.6 Å². The van der Waals surface area contributed by atoms with Gasteiger partial charge in [0.15, 0.2) is 0 Å². The number of cyclic esters (lactones) is 1. The van der Waals surface area contributed by atoms with E-state index in [4.69, 9.17) is 21.6 Å². The lowest BCUT2D eigenvalue weighted by Crippen LogP contribution is -2.28. The number of halogens is 1. The summed E-state index contributed by atoms with van der Waals surface area (Å²) in [5.74, 6) is -0.177. The average Bonchev–Trinajstić information content (AvgIpc) is 2.91. The smallest absolute Gasteiger partial charge is 0.306 e. The summed E-state index contributed by atoms with van der Waals surface area (Å²) >= 11 is 5.95. The molecule has 2 aromatic carbocycles. The topological polar surface area (TPSA) is 50.1 Å². The minimum Gasteiger partial charge on any atom is -0.454 e. The summed E-state index contributed by atoms with van der Waals surface area (Å²) in [5, 5.41) is 9.52. The van der Waals surface area contributed by atoms with Gasteiger partial charge in [0.2, 0.25) is 0 Å². The van der Waals surface area contributed by atoms with E-state index in [1.807, 2.05) is 36.4 Å². The molecule has 0 aromatic heterocycles. The van der Waals surface area contributed by atoms with E-state index >= 15 is 0 Å². The molecular weight excluding hydrogens is 298 g/mol. The molecule has 3 nitrogen and oxygen atoms in total. The summed E-state index contributed by atoms with van der Waals surface area (Å²) in [6.07, 6.45) is 1.65. The molecule has 0 radical (unpaired) electrons. The van der Waals surface area contributed by atoms with Crippen molar-refractivity contribution in [3.8, 4) is 6.07 Å². The quantitative estimate of drug-likeness (QED) is 0.805. The molecule has 22 heavy (non-hydrogen) atoms. The standard InChI is InChI=1S/C18H14ClNO2/c19-16-7-5-15(6-8-16)18(10-9-17(21)22-18)11-13-1-3-14(12-20)4-2-13/h1-8H,9-11H2/t18-/m1/s1. The lowest BCUT2D eigenvalue weighted by Gasteiger charge is -2.28. The first kappa shape index (κ1) is 14.6. The van der Waals surface area contributed by atoms with Gasteiger partial charge in [0.05, 0.1) is 11.6 Å². The van der Waals surface area contributed by atoms with Crippen LogP contribution >= 0.6 is 11.6 Å². The second-order valence-corrected chi connectivity index (χ2v) is 5.90. The zero-order valence-electron chi connectivity index (χ0n) is 11.9. The minimum atomic E-state index is -0.643. The van der Waals surface area contributed by atoms with Crippen molar-refractivity contribution in [2.45, 2.75) is 24.9 Å². The molecule has 1 aliphatic heterocycles. The maximum absolute atomic E-state index is 11.7. The van der Waals surface area contributed by atoms with Crippen LogP contribution in [0.25, 0.3) is 0 Å². The predicted molar refractivity (Wildman–Crippen MR) is 83.3 cm³/mol. The molecule has 1 aliphatic rings. The average molecular weight is 312 g/mol. The maximum atomic E-state index is 11.7. The Morgan fingerprint density at radius 2 is 1.82 bits per heavy atom. The Balaban J connectivity index is 1.94. The number of rotatable bonds is 3. The first-order valence-electron chi connectivity index (χ1n) is 7.08. The van der Waals surface area contributed by atoms with Crippen molar-refractivity contribution in [1.82, 2.24) is 0 Å². The number of nitriles is 1. The van der Waals surface area contributed by atoms with Crippen LogP contribution < -0.4 is 0 Å². The highest BCUT2D eigenvalue weighted by molar-refractivity contribution is 6.30. The first-order valence-corrected chi connectivity index (χ1v) is 7.46. The molecule has 4 heteroatoms. The number of hydrogen-bond acceptors (Lipinski definition) is 3. The molecule has 0 unspecified atom stereocenters. The zero-order chi connectivity index (χ0) is 15.6. The Bertz CT molecular complexity index is 731. The van der Waals surface area contributed by atoms with Crippen LogP contribution in [0.1, 0.15) is 29.5 Å². The Labute approximate surface area is 134 Å². The Kier molecular flexibility index (Phi) is 3.87. The van der Waals surface area contributed by atoms with Gasteiger partial charge < -0.3 is 4.74 Å². The number of esters is 1. The lowest BCUT2D eigenvalue weighted by molar-refractivity contribution is -0.149. The Morgan fingerprint density at radius 3 is 2.36 bits per heavy atom. The Hall–Kier alpha value is -2.31. The van der Waals surface area contributed by atoms with Crippen LogP contribution in [-0.4, -0.2) is 5.97 Å². The molecule has 0 amide bonds. The van der Waals surface area contributed by atoms with E-state index in [0.29, 0.717) is 29.8 Å². The lowest BCUT2D eigenvalue weighted by atomic mass is 9.85. The largest absolute Gasteiger partial charge is 0.454 e. The van der Waals surface area contributed by atoms with Crippen LogP contribution in [-0.2, 0) is 21.6 Å². The number of hydrogen-bond donors (Lipinski definition) is 0. The summed E-state index contributed by atoms with van der Waals surface area (Å²) in [4.78, 5) is 11.7. The molecule has 1 saturated heterocycles. The number of carbonyl (C=O) groups excluding carboxylic acids is 1. The molecule has 0 saturated carbocycles. The number of nitrogens with zero attached hydrogens (tertiary/aromatic N) is 1. The predicted octanol–water partition coefficient (Wildman–Crippen LogP) is 3.99. The molecule has 0 spiro atoms. The number of ether oxygens (including phenoxy) is 1. The van der Waals surface area contributed by atoms with Gasteiger partial charge in [0.1, 0.15) is 5.60 Å². The van der Waals surface area contributed by atoms with Gasteiger partial charge in [0.25, 0.3) is 0 Å². The molecule has 0 bridgehead atoms. The van der Waals surface area contributed by atoms with Crippen LogP contribution in [0, 0.1) is 11.3 Å². The molecule has 1 heterocycles. The second kappa shape index (κ2) is 5.82. The fourth-order valence-corrected chi connectivity index (χ4v) is 2.96. The molecular formula is C18H14ClNO2. The first-order chi connectivity index (χ1) is 10.6. The third kappa shape index (κ3) is 2.84. The summed E-state index contributed by atoms with van der Waals surface area (Å²) in [7, 11) is 0. The van der Waals surface area contributed by atoms with E-state index in [1.54, 1.807) is 12.1 Å². The normalized spacial score (nSPS) is 20.5. The van der Waals surface area contributed by atoms with E-state index in [-0.39, 0.29) is 5.97 Å². The molecule has 1 fully saturated rings.